The molecule has 1 aromatic carbocycles. The summed E-state index contributed by atoms with van der Waals surface area (Å²) in [6.07, 6.45) is 1.10. The van der Waals surface area contributed by atoms with Gasteiger partial charge in [0.15, 0.2) is 0 Å². The molecular formula is C14H17N3O. The molecule has 0 bridgehead atoms. The van der Waals surface area contributed by atoms with Gasteiger partial charge in [-0.1, -0.05) is 17.7 Å². The molecule has 1 atom stereocenters. The first-order valence-corrected chi connectivity index (χ1v) is 6.31. The van der Waals surface area contributed by atoms with Crippen LogP contribution in [0.5, 0.6) is 0 Å². The standard InChI is InChI=1S/C14H17N3O/c1-10-3-5-11(6-4-10)13-15-16-14(18-13)12-7-8-17(2)9-12/h3-6,12H,7-9H2,1-2H3/t12-/m0/s1. The van der Waals surface area contributed by atoms with Crippen molar-refractivity contribution in [3.63, 3.8) is 0 Å². The molecule has 3 rings (SSSR count). The predicted octanol–water partition coefficient (Wildman–Crippen LogP) is 2.46. The van der Waals surface area contributed by atoms with E-state index in [4.69, 9.17) is 4.42 Å². The van der Waals surface area contributed by atoms with Crippen LogP contribution in [0.4, 0.5) is 0 Å². The summed E-state index contributed by atoms with van der Waals surface area (Å²) in [4.78, 5) is 2.29. The van der Waals surface area contributed by atoms with E-state index in [1.807, 2.05) is 12.1 Å². The maximum atomic E-state index is 5.79. The van der Waals surface area contributed by atoms with Gasteiger partial charge in [0.05, 0.1) is 5.92 Å². The van der Waals surface area contributed by atoms with Crippen LogP contribution in [0.1, 0.15) is 23.8 Å². The zero-order valence-electron chi connectivity index (χ0n) is 10.8. The second-order valence-electron chi connectivity index (χ2n) is 5.06. The molecule has 94 valence electrons. The Morgan fingerprint density at radius 2 is 2.00 bits per heavy atom. The lowest BCUT2D eigenvalue weighted by atomic mass is 10.1. The SMILES string of the molecule is Cc1ccc(-c2nnc([C@H]3CCN(C)C3)o2)cc1. The molecule has 1 fully saturated rings. The molecule has 0 saturated carbocycles. The molecule has 4 heteroatoms. The molecule has 2 heterocycles. The van der Waals surface area contributed by atoms with Gasteiger partial charge in [0.2, 0.25) is 11.8 Å². The Kier molecular flexibility index (Phi) is 2.88. The summed E-state index contributed by atoms with van der Waals surface area (Å²) in [6, 6.07) is 8.16. The topological polar surface area (TPSA) is 42.2 Å². The van der Waals surface area contributed by atoms with E-state index in [1.54, 1.807) is 0 Å². The fourth-order valence-electron chi connectivity index (χ4n) is 2.35. The molecule has 1 aromatic heterocycles. The second-order valence-corrected chi connectivity index (χ2v) is 5.06. The van der Waals surface area contributed by atoms with Crippen molar-refractivity contribution in [3.8, 4) is 11.5 Å². The first-order chi connectivity index (χ1) is 8.72. The van der Waals surface area contributed by atoms with Gasteiger partial charge in [-0.2, -0.15) is 0 Å². The largest absolute Gasteiger partial charge is 0.420 e. The second kappa shape index (κ2) is 4.53. The number of aryl methyl sites for hydroxylation is 1. The number of nitrogens with zero attached hydrogens (tertiary/aromatic N) is 3. The molecular weight excluding hydrogens is 226 g/mol. The lowest BCUT2D eigenvalue weighted by Gasteiger charge is -2.05. The van der Waals surface area contributed by atoms with Crippen LogP contribution in [-0.2, 0) is 0 Å². The van der Waals surface area contributed by atoms with Gasteiger partial charge in [-0.15, -0.1) is 10.2 Å². The van der Waals surface area contributed by atoms with Crippen LogP contribution in [0.3, 0.4) is 0 Å². The molecule has 0 aliphatic carbocycles. The zero-order chi connectivity index (χ0) is 12.5. The van der Waals surface area contributed by atoms with Gasteiger partial charge in [0, 0.05) is 12.1 Å². The van der Waals surface area contributed by atoms with Crippen molar-refractivity contribution in [2.45, 2.75) is 19.3 Å². The maximum Gasteiger partial charge on any atom is 0.247 e. The third-order valence-corrected chi connectivity index (χ3v) is 3.48. The van der Waals surface area contributed by atoms with E-state index in [9.17, 15) is 0 Å². The van der Waals surface area contributed by atoms with Crippen molar-refractivity contribution in [3.05, 3.63) is 35.7 Å². The van der Waals surface area contributed by atoms with E-state index < -0.39 is 0 Å². The number of hydrogen-bond acceptors (Lipinski definition) is 4. The molecule has 1 aliphatic rings. The Morgan fingerprint density at radius 1 is 1.22 bits per heavy atom. The minimum Gasteiger partial charge on any atom is -0.420 e. The highest BCUT2D eigenvalue weighted by atomic mass is 16.4. The Bertz CT molecular complexity index is 532. The smallest absolute Gasteiger partial charge is 0.247 e. The molecule has 0 unspecified atom stereocenters. The molecule has 1 aliphatic heterocycles. The van der Waals surface area contributed by atoms with E-state index in [0.29, 0.717) is 11.8 Å². The van der Waals surface area contributed by atoms with Crippen molar-refractivity contribution in [1.29, 1.82) is 0 Å². The lowest BCUT2D eigenvalue weighted by Crippen LogP contribution is -2.13. The van der Waals surface area contributed by atoms with Crippen molar-refractivity contribution in [2.75, 3.05) is 20.1 Å². The van der Waals surface area contributed by atoms with Gasteiger partial charge in [-0.05, 0) is 39.1 Å². The zero-order valence-corrected chi connectivity index (χ0v) is 10.8. The lowest BCUT2D eigenvalue weighted by molar-refractivity contribution is 0.394. The van der Waals surface area contributed by atoms with Crippen LogP contribution in [0.2, 0.25) is 0 Å². The van der Waals surface area contributed by atoms with Crippen molar-refractivity contribution < 1.29 is 4.42 Å². The van der Waals surface area contributed by atoms with Crippen LogP contribution in [-0.4, -0.2) is 35.2 Å². The van der Waals surface area contributed by atoms with Gasteiger partial charge in [0.25, 0.3) is 0 Å². The van der Waals surface area contributed by atoms with Gasteiger partial charge >= 0.3 is 0 Å². The van der Waals surface area contributed by atoms with Crippen LogP contribution in [0.25, 0.3) is 11.5 Å². The van der Waals surface area contributed by atoms with Crippen molar-refractivity contribution in [1.82, 2.24) is 15.1 Å². The minimum absolute atomic E-state index is 0.390. The summed E-state index contributed by atoms with van der Waals surface area (Å²) in [5.41, 5.74) is 2.22. The molecule has 4 nitrogen and oxygen atoms in total. The first kappa shape index (κ1) is 11.4. The third kappa shape index (κ3) is 2.16. The van der Waals surface area contributed by atoms with Crippen molar-refractivity contribution >= 4 is 0 Å². The number of benzene rings is 1. The van der Waals surface area contributed by atoms with Gasteiger partial charge < -0.3 is 9.32 Å². The highest BCUT2D eigenvalue weighted by molar-refractivity contribution is 5.52. The highest BCUT2D eigenvalue weighted by Gasteiger charge is 2.26. The van der Waals surface area contributed by atoms with Crippen LogP contribution in [0, 0.1) is 6.92 Å². The summed E-state index contributed by atoms with van der Waals surface area (Å²) < 4.78 is 5.79. The fraction of sp³-hybridized carbons (Fsp3) is 0.429. The van der Waals surface area contributed by atoms with E-state index in [1.165, 1.54) is 5.56 Å². The van der Waals surface area contributed by atoms with Crippen LogP contribution < -0.4 is 0 Å². The molecule has 18 heavy (non-hydrogen) atoms. The number of rotatable bonds is 2. The number of likely N-dealkylation sites (tertiary alicyclic amines) is 1. The Labute approximate surface area is 107 Å². The third-order valence-electron chi connectivity index (χ3n) is 3.48. The summed E-state index contributed by atoms with van der Waals surface area (Å²) in [6.45, 7) is 4.18. The average molecular weight is 243 g/mol. The van der Waals surface area contributed by atoms with Crippen LogP contribution in [0.15, 0.2) is 28.7 Å². The maximum absolute atomic E-state index is 5.79. The Hall–Kier alpha value is -1.68. The van der Waals surface area contributed by atoms with Crippen molar-refractivity contribution in [2.24, 2.45) is 0 Å². The monoisotopic (exact) mass is 243 g/mol. The summed E-state index contributed by atoms with van der Waals surface area (Å²) in [7, 11) is 2.12. The Balaban J connectivity index is 1.83. The average Bonchev–Trinajstić information content (AvgIpc) is 2.98. The van der Waals surface area contributed by atoms with E-state index >= 15 is 0 Å². The highest BCUT2D eigenvalue weighted by Crippen LogP contribution is 2.27. The number of hydrogen-bond donors (Lipinski definition) is 0. The molecule has 2 aromatic rings. The quantitative estimate of drug-likeness (QED) is 0.812. The van der Waals surface area contributed by atoms with Gasteiger partial charge in [0.1, 0.15) is 0 Å². The normalized spacial score (nSPS) is 20.4. The number of aromatic nitrogens is 2. The van der Waals surface area contributed by atoms with Gasteiger partial charge in [-0.3, -0.25) is 0 Å². The Morgan fingerprint density at radius 3 is 2.67 bits per heavy atom. The molecule has 0 amide bonds. The predicted molar refractivity (Wildman–Crippen MR) is 69.3 cm³/mol. The summed E-state index contributed by atoms with van der Waals surface area (Å²) >= 11 is 0. The molecule has 1 saturated heterocycles. The summed E-state index contributed by atoms with van der Waals surface area (Å²) in [5.74, 6) is 1.79. The van der Waals surface area contributed by atoms with Gasteiger partial charge in [-0.25, -0.2) is 0 Å². The first-order valence-electron chi connectivity index (χ1n) is 6.31. The molecule has 0 spiro atoms. The van der Waals surface area contributed by atoms with E-state index in [2.05, 4.69) is 41.2 Å². The van der Waals surface area contributed by atoms with E-state index in [0.717, 1.165) is 31.0 Å². The molecule has 0 radical (unpaired) electrons. The summed E-state index contributed by atoms with van der Waals surface area (Å²) in [5, 5.41) is 8.34. The number of likely N-dealkylation sites (N-methyl/N-ethyl adjacent to an activating group) is 1. The minimum atomic E-state index is 0.390. The van der Waals surface area contributed by atoms with E-state index in [-0.39, 0.29) is 0 Å². The van der Waals surface area contributed by atoms with Crippen LogP contribution >= 0.6 is 0 Å². The molecule has 0 N–H and O–H groups in total. The fourth-order valence-corrected chi connectivity index (χ4v) is 2.35.